The predicted octanol–water partition coefficient (Wildman–Crippen LogP) is 3.02. The maximum absolute atomic E-state index is 11.7. The van der Waals surface area contributed by atoms with Crippen molar-refractivity contribution in [3.05, 3.63) is 35.9 Å². The Morgan fingerprint density at radius 1 is 1.29 bits per heavy atom. The van der Waals surface area contributed by atoms with E-state index in [1.807, 2.05) is 32.0 Å². The fourth-order valence-corrected chi connectivity index (χ4v) is 1.73. The van der Waals surface area contributed by atoms with Crippen LogP contribution in [0.3, 0.4) is 0 Å². The zero-order valence-electron chi connectivity index (χ0n) is 8.24. The summed E-state index contributed by atoms with van der Waals surface area (Å²) in [6.45, 7) is 3.79. The average molecular weight is 257 g/mol. The van der Waals surface area contributed by atoms with E-state index in [9.17, 15) is 4.79 Å². The van der Waals surface area contributed by atoms with Gasteiger partial charge in [0, 0.05) is 5.56 Å². The lowest BCUT2D eigenvalue weighted by molar-refractivity contribution is 0.0486. The fraction of sp³-hybridized carbons (Fsp3) is 0.364. The van der Waals surface area contributed by atoms with Gasteiger partial charge in [-0.3, -0.25) is 4.79 Å². The van der Waals surface area contributed by atoms with Gasteiger partial charge >= 0.3 is 0 Å². The van der Waals surface area contributed by atoms with E-state index in [1.54, 1.807) is 12.1 Å². The molecule has 0 saturated carbocycles. The van der Waals surface area contributed by atoms with Crippen LogP contribution in [0, 0.1) is 0 Å². The molecule has 0 fully saturated rings. The van der Waals surface area contributed by atoms with Gasteiger partial charge in [0.05, 0.1) is 6.10 Å². The largest absolute Gasteiger partial charge is 0.356 e. The lowest BCUT2D eigenvalue weighted by Crippen LogP contribution is -2.21. The molecule has 0 bridgehead atoms. The molecule has 0 amide bonds. The van der Waals surface area contributed by atoms with Gasteiger partial charge in [-0.2, -0.15) is 0 Å². The molecule has 1 atom stereocenters. The van der Waals surface area contributed by atoms with E-state index in [-0.39, 0.29) is 11.9 Å². The summed E-state index contributed by atoms with van der Waals surface area (Å²) in [7, 11) is 0. The predicted molar refractivity (Wildman–Crippen MR) is 59.7 cm³/mol. The highest BCUT2D eigenvalue weighted by Crippen LogP contribution is 2.13. The van der Waals surface area contributed by atoms with Crippen molar-refractivity contribution in [2.24, 2.45) is 0 Å². The summed E-state index contributed by atoms with van der Waals surface area (Å²) in [5.41, 5.74) is 0.662. The van der Waals surface area contributed by atoms with Crippen LogP contribution >= 0.6 is 15.9 Å². The summed E-state index contributed by atoms with van der Waals surface area (Å²) < 4.78 is 5.33. The lowest BCUT2D eigenvalue weighted by atomic mass is 10.1. The summed E-state index contributed by atoms with van der Waals surface area (Å²) in [6, 6.07) is 9.11. The molecule has 0 radical (unpaired) electrons. The minimum atomic E-state index is -0.551. The molecular weight excluding hydrogens is 244 g/mol. The molecule has 3 heteroatoms. The van der Waals surface area contributed by atoms with E-state index in [0.717, 1.165) is 0 Å². The van der Waals surface area contributed by atoms with Gasteiger partial charge in [0.25, 0.3) is 0 Å². The number of Topliss-reactive ketones (excluding diaryl/α,β-unsaturated/α-hetero) is 1. The van der Waals surface area contributed by atoms with Crippen molar-refractivity contribution >= 4 is 21.7 Å². The molecule has 0 N–H and O–H groups in total. The maximum atomic E-state index is 11.7. The first kappa shape index (κ1) is 11.4. The Balaban J connectivity index is 2.66. The Hall–Kier alpha value is -0.670. The van der Waals surface area contributed by atoms with Crippen LogP contribution in [0.4, 0.5) is 0 Å². The van der Waals surface area contributed by atoms with Crippen LogP contribution in [0.5, 0.6) is 0 Å². The second kappa shape index (κ2) is 5.27. The number of hydrogen-bond acceptors (Lipinski definition) is 2. The molecule has 0 heterocycles. The Morgan fingerprint density at radius 2 is 1.86 bits per heavy atom. The second-order valence-electron chi connectivity index (χ2n) is 3.23. The molecule has 14 heavy (non-hydrogen) atoms. The lowest BCUT2D eigenvalue weighted by Gasteiger charge is -2.13. The highest BCUT2D eigenvalue weighted by atomic mass is 79.9. The van der Waals surface area contributed by atoms with E-state index >= 15 is 0 Å². The smallest absolute Gasteiger partial charge is 0.202 e. The van der Waals surface area contributed by atoms with Gasteiger partial charge in [0.2, 0.25) is 5.78 Å². The molecule has 1 rings (SSSR count). The minimum Gasteiger partial charge on any atom is -0.356 e. The third kappa shape index (κ3) is 3.24. The van der Waals surface area contributed by atoms with Crippen molar-refractivity contribution in [3.63, 3.8) is 0 Å². The number of hydrogen-bond donors (Lipinski definition) is 0. The number of carbonyl (C=O) groups is 1. The molecule has 76 valence electrons. The quantitative estimate of drug-likeness (QED) is 0.612. The first-order chi connectivity index (χ1) is 6.61. The highest BCUT2D eigenvalue weighted by molar-refractivity contribution is 9.09. The summed E-state index contributed by atoms with van der Waals surface area (Å²) in [5.74, 6) is -0.0423. The Labute approximate surface area is 92.4 Å². The molecule has 0 saturated heterocycles. The van der Waals surface area contributed by atoms with Crippen LogP contribution in [0.25, 0.3) is 0 Å². The van der Waals surface area contributed by atoms with Crippen LogP contribution in [0.2, 0.25) is 0 Å². The van der Waals surface area contributed by atoms with Gasteiger partial charge < -0.3 is 4.74 Å². The van der Waals surface area contributed by atoms with Crippen LogP contribution in [-0.2, 0) is 4.74 Å². The molecule has 1 unspecified atom stereocenters. The van der Waals surface area contributed by atoms with Gasteiger partial charge in [-0.1, -0.05) is 30.3 Å². The molecule has 2 nitrogen and oxygen atoms in total. The molecule has 0 aromatic heterocycles. The molecule has 0 aliphatic rings. The van der Waals surface area contributed by atoms with Gasteiger partial charge in [-0.05, 0) is 29.8 Å². The standard InChI is InChI=1S/C11H13BrO2/c1-8(2)14-11(12)10(13)9-6-4-3-5-7-9/h3-8,11H,1-2H3. The molecule has 1 aromatic carbocycles. The number of carbonyl (C=O) groups excluding carboxylic acids is 1. The fourth-order valence-electron chi connectivity index (χ4n) is 1.03. The molecule has 0 aliphatic carbocycles. The third-order valence-electron chi connectivity index (χ3n) is 1.66. The number of benzene rings is 1. The van der Waals surface area contributed by atoms with E-state index in [0.29, 0.717) is 5.56 Å². The van der Waals surface area contributed by atoms with Gasteiger partial charge in [-0.15, -0.1) is 0 Å². The summed E-state index contributed by atoms with van der Waals surface area (Å²) in [5, 5.41) is -0.551. The van der Waals surface area contributed by atoms with Crippen molar-refractivity contribution in [1.82, 2.24) is 0 Å². The average Bonchev–Trinajstić information content (AvgIpc) is 2.17. The molecule has 1 aromatic rings. The van der Waals surface area contributed by atoms with Crippen molar-refractivity contribution in [1.29, 1.82) is 0 Å². The first-order valence-corrected chi connectivity index (χ1v) is 5.41. The van der Waals surface area contributed by atoms with Gasteiger partial charge in [0.15, 0.2) is 5.01 Å². The normalized spacial score (nSPS) is 12.9. The maximum Gasteiger partial charge on any atom is 0.202 e. The van der Waals surface area contributed by atoms with E-state index in [1.165, 1.54) is 0 Å². The SMILES string of the molecule is CC(C)OC(Br)C(=O)c1ccccc1. The van der Waals surface area contributed by atoms with Crippen LogP contribution in [0.15, 0.2) is 30.3 Å². The number of alkyl halides is 1. The van der Waals surface area contributed by atoms with Crippen molar-refractivity contribution in [2.45, 2.75) is 25.0 Å². The minimum absolute atomic E-state index is 0.0343. The topological polar surface area (TPSA) is 26.3 Å². The summed E-state index contributed by atoms with van der Waals surface area (Å²) in [6.07, 6.45) is 0.0343. The summed E-state index contributed by atoms with van der Waals surface area (Å²) >= 11 is 3.21. The van der Waals surface area contributed by atoms with Gasteiger partial charge in [0.1, 0.15) is 0 Å². The zero-order chi connectivity index (χ0) is 10.6. The van der Waals surface area contributed by atoms with Crippen molar-refractivity contribution < 1.29 is 9.53 Å². The third-order valence-corrected chi connectivity index (χ3v) is 2.29. The molecule has 0 aliphatic heterocycles. The Bertz CT molecular complexity index is 295. The van der Waals surface area contributed by atoms with Crippen LogP contribution in [-0.4, -0.2) is 16.9 Å². The number of halogens is 1. The Kier molecular flexibility index (Phi) is 4.29. The van der Waals surface area contributed by atoms with E-state index in [4.69, 9.17) is 4.74 Å². The number of rotatable bonds is 4. The number of ether oxygens (including phenoxy) is 1. The van der Waals surface area contributed by atoms with E-state index < -0.39 is 5.01 Å². The van der Waals surface area contributed by atoms with E-state index in [2.05, 4.69) is 15.9 Å². The monoisotopic (exact) mass is 256 g/mol. The number of ketones is 1. The highest BCUT2D eigenvalue weighted by Gasteiger charge is 2.17. The van der Waals surface area contributed by atoms with Gasteiger partial charge in [-0.25, -0.2) is 0 Å². The van der Waals surface area contributed by atoms with Crippen LogP contribution in [0.1, 0.15) is 24.2 Å². The summed E-state index contributed by atoms with van der Waals surface area (Å²) in [4.78, 5) is 11.7. The first-order valence-electron chi connectivity index (χ1n) is 4.50. The Morgan fingerprint density at radius 3 is 2.36 bits per heavy atom. The second-order valence-corrected chi connectivity index (χ2v) is 4.06. The molecule has 0 spiro atoms. The van der Waals surface area contributed by atoms with Crippen LogP contribution < -0.4 is 0 Å². The van der Waals surface area contributed by atoms with Crippen molar-refractivity contribution in [2.75, 3.05) is 0 Å². The molecular formula is C11H13BrO2. The van der Waals surface area contributed by atoms with Crippen molar-refractivity contribution in [3.8, 4) is 0 Å². The zero-order valence-corrected chi connectivity index (χ0v) is 9.82.